The Bertz CT molecular complexity index is 1290. The highest BCUT2D eigenvalue weighted by Gasteiger charge is 2.17. The van der Waals surface area contributed by atoms with Gasteiger partial charge in [0.05, 0.1) is 32.4 Å². The number of carbonyl (C=O) groups is 1. The van der Waals surface area contributed by atoms with Gasteiger partial charge >= 0.3 is 0 Å². The summed E-state index contributed by atoms with van der Waals surface area (Å²) in [6, 6.07) is 19.8. The van der Waals surface area contributed by atoms with Crippen molar-refractivity contribution >= 4 is 16.9 Å². The molecule has 1 heterocycles. The van der Waals surface area contributed by atoms with Crippen LogP contribution < -0.4 is 19.5 Å². The number of nitrogens with zero attached hydrogens (tertiary/aromatic N) is 2. The van der Waals surface area contributed by atoms with E-state index in [0.29, 0.717) is 35.8 Å². The Morgan fingerprint density at radius 1 is 0.941 bits per heavy atom. The van der Waals surface area contributed by atoms with Gasteiger partial charge in [0.2, 0.25) is 5.75 Å². The first-order valence-corrected chi connectivity index (χ1v) is 11.1. The van der Waals surface area contributed by atoms with Crippen LogP contribution in [0.25, 0.3) is 11.0 Å². The zero-order chi connectivity index (χ0) is 24.1. The third-order valence-electron chi connectivity index (χ3n) is 5.88. The fourth-order valence-corrected chi connectivity index (χ4v) is 4.05. The Morgan fingerprint density at radius 3 is 2.29 bits per heavy atom. The molecule has 0 saturated heterocycles. The van der Waals surface area contributed by atoms with E-state index in [1.807, 2.05) is 24.3 Å². The quantitative estimate of drug-likeness (QED) is 0.402. The van der Waals surface area contributed by atoms with Crippen molar-refractivity contribution in [2.24, 2.45) is 0 Å². The minimum absolute atomic E-state index is 0.221. The molecular weight excluding hydrogens is 430 g/mol. The van der Waals surface area contributed by atoms with Gasteiger partial charge in [0.1, 0.15) is 5.82 Å². The number of hydrogen-bond donors (Lipinski definition) is 1. The minimum atomic E-state index is -0.221. The van der Waals surface area contributed by atoms with E-state index in [-0.39, 0.29) is 5.91 Å². The molecule has 0 fully saturated rings. The highest BCUT2D eigenvalue weighted by atomic mass is 16.5. The second kappa shape index (κ2) is 10.3. The smallest absolute Gasteiger partial charge is 0.251 e. The van der Waals surface area contributed by atoms with E-state index in [4.69, 9.17) is 19.2 Å². The van der Waals surface area contributed by atoms with Crippen molar-refractivity contribution in [3.63, 3.8) is 0 Å². The zero-order valence-electron chi connectivity index (χ0n) is 19.9. The number of fused-ring (bicyclic) bond motifs is 1. The van der Waals surface area contributed by atoms with Crippen molar-refractivity contribution in [3.8, 4) is 17.2 Å². The maximum Gasteiger partial charge on any atom is 0.251 e. The lowest BCUT2D eigenvalue weighted by Crippen LogP contribution is -2.26. The molecule has 0 unspecified atom stereocenters. The lowest BCUT2D eigenvalue weighted by atomic mass is 10.1. The number of ether oxygens (including phenoxy) is 3. The molecule has 7 nitrogen and oxygen atoms in total. The van der Waals surface area contributed by atoms with Crippen molar-refractivity contribution in [1.29, 1.82) is 0 Å². The molecule has 176 valence electrons. The molecule has 0 aliphatic rings. The second-order valence-electron chi connectivity index (χ2n) is 7.95. The summed E-state index contributed by atoms with van der Waals surface area (Å²) in [6.07, 6.45) is 0.594. The van der Waals surface area contributed by atoms with E-state index >= 15 is 0 Å². The number of methoxy groups -OCH3 is 3. The molecular formula is C27H29N3O4. The van der Waals surface area contributed by atoms with Gasteiger partial charge in [-0.1, -0.05) is 36.4 Å². The Balaban J connectivity index is 1.53. The molecule has 0 aliphatic heterocycles. The van der Waals surface area contributed by atoms with Gasteiger partial charge in [-0.15, -0.1) is 0 Å². The van der Waals surface area contributed by atoms with Crippen LogP contribution in [0.4, 0.5) is 0 Å². The normalized spacial score (nSPS) is 10.8. The maximum absolute atomic E-state index is 12.9. The summed E-state index contributed by atoms with van der Waals surface area (Å²) < 4.78 is 18.3. The zero-order valence-corrected chi connectivity index (χ0v) is 19.9. The number of aryl methyl sites for hydroxylation is 1. The molecule has 4 rings (SSSR count). The molecule has 3 aromatic carbocycles. The molecule has 1 aromatic heterocycles. The van der Waals surface area contributed by atoms with E-state index in [9.17, 15) is 4.79 Å². The predicted molar refractivity (Wildman–Crippen MR) is 132 cm³/mol. The molecule has 0 radical (unpaired) electrons. The van der Waals surface area contributed by atoms with Gasteiger partial charge in [-0.05, 0) is 42.3 Å². The van der Waals surface area contributed by atoms with Crippen molar-refractivity contribution in [2.45, 2.75) is 19.9 Å². The number of benzene rings is 3. The van der Waals surface area contributed by atoms with Crippen molar-refractivity contribution in [3.05, 3.63) is 83.2 Å². The highest BCUT2D eigenvalue weighted by Crippen LogP contribution is 2.38. The van der Waals surface area contributed by atoms with Crippen LogP contribution >= 0.6 is 0 Å². The lowest BCUT2D eigenvalue weighted by molar-refractivity contribution is 0.0953. The first kappa shape index (κ1) is 23.2. The maximum atomic E-state index is 12.9. The van der Waals surface area contributed by atoms with E-state index in [2.05, 4.69) is 41.1 Å². The molecule has 4 aromatic rings. The summed E-state index contributed by atoms with van der Waals surface area (Å²) in [5, 5.41) is 2.99. The van der Waals surface area contributed by atoms with Gasteiger partial charge in [-0.25, -0.2) is 4.98 Å². The standard InChI is InChI=1S/C27H29N3O4/c1-18-9-5-6-10-19(18)17-30-22-12-8-7-11-21(22)29-25(30)13-14-28-27(31)20-15-23(32-2)26(34-4)24(16-20)33-3/h5-12,15-16H,13-14,17H2,1-4H3,(H,28,31). The largest absolute Gasteiger partial charge is 0.493 e. The van der Waals surface area contributed by atoms with Crippen LogP contribution in [-0.2, 0) is 13.0 Å². The molecule has 0 spiro atoms. The molecule has 0 saturated carbocycles. The van der Waals surface area contributed by atoms with Gasteiger partial charge in [-0.3, -0.25) is 4.79 Å². The molecule has 34 heavy (non-hydrogen) atoms. The fourth-order valence-electron chi connectivity index (χ4n) is 4.05. The number of nitrogens with one attached hydrogen (secondary N) is 1. The summed E-state index contributed by atoms with van der Waals surface area (Å²) in [7, 11) is 4.58. The number of imidazole rings is 1. The Labute approximate surface area is 199 Å². The number of para-hydroxylation sites is 2. The van der Waals surface area contributed by atoms with Gasteiger partial charge in [-0.2, -0.15) is 0 Å². The molecule has 0 aliphatic carbocycles. The van der Waals surface area contributed by atoms with Gasteiger partial charge in [0, 0.05) is 25.1 Å². The van der Waals surface area contributed by atoms with Crippen LogP contribution in [0.15, 0.2) is 60.7 Å². The van der Waals surface area contributed by atoms with Crippen molar-refractivity contribution in [1.82, 2.24) is 14.9 Å². The fraction of sp³-hybridized carbons (Fsp3) is 0.259. The summed E-state index contributed by atoms with van der Waals surface area (Å²) in [6.45, 7) is 3.28. The van der Waals surface area contributed by atoms with Crippen molar-refractivity contribution in [2.75, 3.05) is 27.9 Å². The van der Waals surface area contributed by atoms with E-state index in [1.54, 1.807) is 12.1 Å². The number of rotatable bonds is 9. The lowest BCUT2D eigenvalue weighted by Gasteiger charge is -2.14. The molecule has 0 atom stereocenters. The topological polar surface area (TPSA) is 74.6 Å². The SMILES string of the molecule is COc1cc(C(=O)NCCc2nc3ccccc3n2Cc2ccccc2C)cc(OC)c1OC. The first-order chi connectivity index (χ1) is 16.5. The number of amides is 1. The number of aromatic nitrogens is 2. The average Bonchev–Trinajstić information content (AvgIpc) is 3.21. The predicted octanol–water partition coefficient (Wildman–Crippen LogP) is 4.39. The van der Waals surface area contributed by atoms with Crippen LogP contribution in [0.5, 0.6) is 17.2 Å². The highest BCUT2D eigenvalue weighted by molar-refractivity contribution is 5.95. The average molecular weight is 460 g/mol. The Hall–Kier alpha value is -4.00. The van der Waals surface area contributed by atoms with E-state index in [1.165, 1.54) is 32.5 Å². The minimum Gasteiger partial charge on any atom is -0.493 e. The Morgan fingerprint density at radius 2 is 1.62 bits per heavy atom. The molecule has 1 N–H and O–H groups in total. The Kier molecular flexibility index (Phi) is 7.01. The number of hydrogen-bond acceptors (Lipinski definition) is 5. The van der Waals surface area contributed by atoms with E-state index < -0.39 is 0 Å². The van der Waals surface area contributed by atoms with Crippen LogP contribution in [0.2, 0.25) is 0 Å². The van der Waals surface area contributed by atoms with Crippen LogP contribution in [0.1, 0.15) is 27.3 Å². The molecule has 1 amide bonds. The van der Waals surface area contributed by atoms with Crippen LogP contribution in [-0.4, -0.2) is 43.3 Å². The third-order valence-corrected chi connectivity index (χ3v) is 5.88. The van der Waals surface area contributed by atoms with Gasteiger partial charge in [0.15, 0.2) is 11.5 Å². The first-order valence-electron chi connectivity index (χ1n) is 11.1. The summed E-state index contributed by atoms with van der Waals surface area (Å²) >= 11 is 0. The van der Waals surface area contributed by atoms with Crippen molar-refractivity contribution < 1.29 is 19.0 Å². The van der Waals surface area contributed by atoms with Gasteiger partial charge in [0.25, 0.3) is 5.91 Å². The molecule has 0 bridgehead atoms. The summed E-state index contributed by atoms with van der Waals surface area (Å²) in [5.74, 6) is 2.03. The summed E-state index contributed by atoms with van der Waals surface area (Å²) in [4.78, 5) is 17.7. The van der Waals surface area contributed by atoms with Crippen LogP contribution in [0, 0.1) is 6.92 Å². The summed E-state index contributed by atoms with van der Waals surface area (Å²) in [5.41, 5.74) is 4.94. The third kappa shape index (κ3) is 4.69. The second-order valence-corrected chi connectivity index (χ2v) is 7.95. The van der Waals surface area contributed by atoms with Crippen LogP contribution in [0.3, 0.4) is 0 Å². The van der Waals surface area contributed by atoms with E-state index in [0.717, 1.165) is 23.4 Å². The monoisotopic (exact) mass is 459 g/mol. The number of carbonyl (C=O) groups excluding carboxylic acids is 1. The van der Waals surface area contributed by atoms with Gasteiger partial charge < -0.3 is 24.1 Å². The molecule has 7 heteroatoms.